The highest BCUT2D eigenvalue weighted by Crippen LogP contribution is 2.24. The first kappa shape index (κ1) is 15.9. The van der Waals surface area contributed by atoms with E-state index in [4.69, 9.17) is 11.6 Å². The van der Waals surface area contributed by atoms with E-state index in [1.54, 1.807) is 19.2 Å². The van der Waals surface area contributed by atoms with Gasteiger partial charge in [0.1, 0.15) is 0 Å². The number of benzene rings is 1. The monoisotopic (exact) mass is 300 g/mol. The van der Waals surface area contributed by atoms with E-state index in [1.807, 2.05) is 19.2 Å². The average molecular weight is 301 g/mol. The summed E-state index contributed by atoms with van der Waals surface area (Å²) in [5.41, 5.74) is 0.430. The van der Waals surface area contributed by atoms with Crippen molar-refractivity contribution in [2.24, 2.45) is 0 Å². The number of rotatable bonds is 5. The molecule has 0 aliphatic heterocycles. The summed E-state index contributed by atoms with van der Waals surface area (Å²) in [5, 5.41) is 2.90. The average Bonchev–Trinajstić information content (AvgIpc) is 2.44. The lowest BCUT2D eigenvalue weighted by Crippen LogP contribution is -2.39. The summed E-state index contributed by atoms with van der Waals surface area (Å²) in [6.07, 6.45) is 1.93. The van der Waals surface area contributed by atoms with Crippen molar-refractivity contribution in [1.82, 2.24) is 10.2 Å². The van der Waals surface area contributed by atoms with Crippen LogP contribution in [-0.2, 0) is 4.79 Å². The quantitative estimate of drug-likeness (QED) is 0.849. The fourth-order valence-corrected chi connectivity index (χ4v) is 2.18. The molecule has 1 aromatic rings. The van der Waals surface area contributed by atoms with Crippen molar-refractivity contribution in [3.63, 3.8) is 0 Å². The summed E-state index contributed by atoms with van der Waals surface area (Å²) in [5.74, 6) is -0.431. The molecule has 0 unspecified atom stereocenters. The standard InChI is InChI=1S/C13H17ClN2O2S/c1-4-16(8-12(17)15-2)13(18)10-7-9(19-3)5-6-11(10)14/h5-7H,4,8H2,1-3H3,(H,15,17). The van der Waals surface area contributed by atoms with Gasteiger partial charge in [-0.25, -0.2) is 0 Å². The van der Waals surface area contributed by atoms with E-state index in [-0.39, 0.29) is 18.4 Å². The SMILES string of the molecule is CCN(CC(=O)NC)C(=O)c1cc(SC)ccc1Cl. The molecule has 4 nitrogen and oxygen atoms in total. The Hall–Kier alpha value is -1.20. The van der Waals surface area contributed by atoms with Crippen LogP contribution >= 0.6 is 23.4 Å². The predicted octanol–water partition coefficient (Wildman–Crippen LogP) is 2.27. The molecule has 2 amide bonds. The zero-order valence-corrected chi connectivity index (χ0v) is 12.8. The highest BCUT2D eigenvalue weighted by atomic mass is 35.5. The second-order valence-corrected chi connectivity index (χ2v) is 5.13. The van der Waals surface area contributed by atoms with Crippen molar-refractivity contribution in [2.75, 3.05) is 26.4 Å². The molecule has 0 fully saturated rings. The van der Waals surface area contributed by atoms with E-state index in [1.165, 1.54) is 16.7 Å². The van der Waals surface area contributed by atoms with E-state index in [2.05, 4.69) is 5.32 Å². The Morgan fingerprint density at radius 2 is 2.11 bits per heavy atom. The van der Waals surface area contributed by atoms with Crippen LogP contribution in [0.4, 0.5) is 0 Å². The van der Waals surface area contributed by atoms with Crippen molar-refractivity contribution in [3.8, 4) is 0 Å². The van der Waals surface area contributed by atoms with E-state index in [0.29, 0.717) is 17.1 Å². The highest BCUT2D eigenvalue weighted by Gasteiger charge is 2.19. The summed E-state index contributed by atoms with van der Waals surface area (Å²) < 4.78 is 0. The smallest absolute Gasteiger partial charge is 0.255 e. The summed E-state index contributed by atoms with van der Waals surface area (Å²) in [6.45, 7) is 2.31. The van der Waals surface area contributed by atoms with Gasteiger partial charge >= 0.3 is 0 Å². The van der Waals surface area contributed by atoms with Gasteiger partial charge in [-0.15, -0.1) is 11.8 Å². The van der Waals surface area contributed by atoms with Gasteiger partial charge in [0.15, 0.2) is 0 Å². The number of carbonyl (C=O) groups excluding carboxylic acids is 2. The van der Waals surface area contributed by atoms with Gasteiger partial charge in [0.2, 0.25) is 5.91 Å². The Labute approximate surface area is 122 Å². The fraction of sp³-hybridized carbons (Fsp3) is 0.385. The van der Waals surface area contributed by atoms with E-state index in [0.717, 1.165) is 4.90 Å². The van der Waals surface area contributed by atoms with Gasteiger partial charge in [0, 0.05) is 18.5 Å². The molecule has 104 valence electrons. The van der Waals surface area contributed by atoms with Crippen molar-refractivity contribution in [1.29, 1.82) is 0 Å². The van der Waals surface area contributed by atoms with Crippen LogP contribution < -0.4 is 5.32 Å². The van der Waals surface area contributed by atoms with Gasteiger partial charge in [-0.1, -0.05) is 11.6 Å². The van der Waals surface area contributed by atoms with Crippen molar-refractivity contribution < 1.29 is 9.59 Å². The van der Waals surface area contributed by atoms with E-state index < -0.39 is 0 Å². The maximum absolute atomic E-state index is 12.4. The molecule has 0 radical (unpaired) electrons. The summed E-state index contributed by atoms with van der Waals surface area (Å²) >= 11 is 7.60. The molecule has 6 heteroatoms. The lowest BCUT2D eigenvalue weighted by atomic mass is 10.2. The first-order valence-electron chi connectivity index (χ1n) is 5.86. The minimum absolute atomic E-state index is 0.0334. The number of hydrogen-bond donors (Lipinski definition) is 1. The molecule has 1 aromatic carbocycles. The third kappa shape index (κ3) is 4.14. The summed E-state index contributed by atoms with van der Waals surface area (Å²) in [4.78, 5) is 26.2. The third-order valence-corrected chi connectivity index (χ3v) is 3.74. The number of halogens is 1. The topological polar surface area (TPSA) is 49.4 Å². The maximum atomic E-state index is 12.4. The fourth-order valence-electron chi connectivity index (χ4n) is 1.55. The molecule has 0 saturated carbocycles. The third-order valence-electron chi connectivity index (χ3n) is 2.69. The Morgan fingerprint density at radius 3 is 2.63 bits per heavy atom. The second-order valence-electron chi connectivity index (χ2n) is 3.84. The summed E-state index contributed by atoms with van der Waals surface area (Å²) in [7, 11) is 1.54. The Bertz CT molecular complexity index is 480. The molecule has 19 heavy (non-hydrogen) atoms. The normalized spacial score (nSPS) is 10.1. The lowest BCUT2D eigenvalue weighted by Gasteiger charge is -2.20. The molecule has 0 atom stereocenters. The molecular formula is C13H17ClN2O2S. The second kappa shape index (κ2) is 7.40. The minimum Gasteiger partial charge on any atom is -0.358 e. The molecule has 0 spiro atoms. The van der Waals surface area contributed by atoms with Crippen molar-refractivity contribution in [3.05, 3.63) is 28.8 Å². The molecule has 0 aliphatic rings. The van der Waals surface area contributed by atoms with Gasteiger partial charge in [-0.3, -0.25) is 9.59 Å². The van der Waals surface area contributed by atoms with Crippen LogP contribution in [-0.4, -0.2) is 43.1 Å². The number of carbonyl (C=O) groups is 2. The molecule has 1 N–H and O–H groups in total. The van der Waals surface area contributed by atoms with E-state index in [9.17, 15) is 9.59 Å². The Balaban J connectivity index is 2.99. The molecule has 0 bridgehead atoms. The van der Waals surface area contributed by atoms with Crippen molar-refractivity contribution >= 4 is 35.2 Å². The van der Waals surface area contributed by atoms with E-state index >= 15 is 0 Å². The number of likely N-dealkylation sites (N-methyl/N-ethyl adjacent to an activating group) is 2. The van der Waals surface area contributed by atoms with Crippen LogP contribution in [0.5, 0.6) is 0 Å². The largest absolute Gasteiger partial charge is 0.358 e. The Kier molecular flexibility index (Phi) is 6.18. The summed E-state index contributed by atoms with van der Waals surface area (Å²) in [6, 6.07) is 5.31. The molecule has 0 heterocycles. The van der Waals surface area contributed by atoms with Crippen LogP contribution in [0.15, 0.2) is 23.1 Å². The number of amides is 2. The molecule has 0 aromatic heterocycles. The highest BCUT2D eigenvalue weighted by molar-refractivity contribution is 7.98. The minimum atomic E-state index is -0.230. The molecular weight excluding hydrogens is 284 g/mol. The first-order chi connectivity index (χ1) is 9.03. The zero-order chi connectivity index (χ0) is 14.4. The Morgan fingerprint density at radius 1 is 1.42 bits per heavy atom. The molecule has 0 aliphatic carbocycles. The van der Waals surface area contributed by atoms with Gasteiger partial charge in [-0.2, -0.15) is 0 Å². The maximum Gasteiger partial charge on any atom is 0.255 e. The van der Waals surface area contributed by atoms with Crippen molar-refractivity contribution in [2.45, 2.75) is 11.8 Å². The number of nitrogens with zero attached hydrogens (tertiary/aromatic N) is 1. The number of nitrogens with one attached hydrogen (secondary N) is 1. The predicted molar refractivity (Wildman–Crippen MR) is 78.9 cm³/mol. The van der Waals surface area contributed by atoms with Gasteiger partial charge in [0.05, 0.1) is 17.1 Å². The van der Waals surface area contributed by atoms with Crippen LogP contribution in [0.1, 0.15) is 17.3 Å². The zero-order valence-electron chi connectivity index (χ0n) is 11.2. The lowest BCUT2D eigenvalue weighted by molar-refractivity contribution is -0.121. The first-order valence-corrected chi connectivity index (χ1v) is 7.47. The number of thioether (sulfide) groups is 1. The van der Waals surface area contributed by atoms with Gasteiger partial charge < -0.3 is 10.2 Å². The molecule has 0 saturated heterocycles. The number of hydrogen-bond acceptors (Lipinski definition) is 3. The van der Waals surface area contributed by atoms with Crippen LogP contribution in [0.25, 0.3) is 0 Å². The van der Waals surface area contributed by atoms with Gasteiger partial charge in [0.25, 0.3) is 5.91 Å². The van der Waals surface area contributed by atoms with Crippen LogP contribution in [0.3, 0.4) is 0 Å². The van der Waals surface area contributed by atoms with Gasteiger partial charge in [-0.05, 0) is 31.4 Å². The van der Waals surface area contributed by atoms with Crippen LogP contribution in [0.2, 0.25) is 5.02 Å². The molecule has 1 rings (SSSR count). The van der Waals surface area contributed by atoms with Crippen LogP contribution in [0, 0.1) is 0 Å².